The Kier molecular flexibility index (Phi) is 4.99. The van der Waals surface area contributed by atoms with Gasteiger partial charge in [-0.2, -0.15) is 5.10 Å². The monoisotopic (exact) mass is 359 g/mol. The molecule has 1 saturated carbocycles. The van der Waals surface area contributed by atoms with Crippen LogP contribution in [-0.2, 0) is 0 Å². The molecule has 2 aromatic rings. The molecule has 0 spiro atoms. The molecule has 0 saturated heterocycles. The topological polar surface area (TPSA) is 66.7 Å². The first-order valence-corrected chi connectivity index (χ1v) is 9.38. The van der Waals surface area contributed by atoms with Crippen molar-refractivity contribution in [3.8, 4) is 22.8 Å². The van der Waals surface area contributed by atoms with Crippen LogP contribution >= 0.6 is 11.3 Å². The number of ether oxygens (including phenoxy) is 1. The molecule has 2 N–H and O–H groups in total. The molecule has 1 atom stereocenters. The second-order valence-corrected chi connectivity index (χ2v) is 8.42. The Bertz CT molecular complexity index is 783. The second-order valence-electron chi connectivity index (χ2n) is 7.57. The zero-order valence-electron chi connectivity index (χ0n) is 15.2. The maximum absolute atomic E-state index is 10.1. The largest absolute Gasteiger partial charge is 0.507 e. The van der Waals surface area contributed by atoms with Crippen LogP contribution in [0.1, 0.15) is 40.0 Å². The number of anilines is 1. The smallest absolute Gasteiger partial charge is 0.203 e. The van der Waals surface area contributed by atoms with Crippen LogP contribution in [0, 0.1) is 11.3 Å². The van der Waals surface area contributed by atoms with Crippen LogP contribution in [0.4, 0.5) is 5.13 Å². The highest BCUT2D eigenvalue weighted by atomic mass is 32.1. The normalized spacial score (nSPS) is 21.3. The highest BCUT2D eigenvalue weighted by molar-refractivity contribution is 7.14. The summed E-state index contributed by atoms with van der Waals surface area (Å²) in [6.07, 6.45) is 3.29. The van der Waals surface area contributed by atoms with Crippen molar-refractivity contribution in [2.24, 2.45) is 16.4 Å². The minimum Gasteiger partial charge on any atom is -0.507 e. The number of phenolic OH excluding ortho intramolecular Hbond substituents is 1. The van der Waals surface area contributed by atoms with Crippen LogP contribution < -0.4 is 10.2 Å². The van der Waals surface area contributed by atoms with Gasteiger partial charge >= 0.3 is 0 Å². The summed E-state index contributed by atoms with van der Waals surface area (Å²) in [6, 6.07) is 5.21. The SMILES string of the molecule is COc1ccc(-c2csc(N/N=C3/C[C@H](C)CC(C)(C)C3)n2)c(O)c1. The van der Waals surface area contributed by atoms with E-state index >= 15 is 0 Å². The molecule has 1 aliphatic rings. The molecule has 0 bridgehead atoms. The highest BCUT2D eigenvalue weighted by Gasteiger charge is 2.29. The van der Waals surface area contributed by atoms with Gasteiger partial charge in [0.2, 0.25) is 5.13 Å². The zero-order chi connectivity index (χ0) is 18.0. The summed E-state index contributed by atoms with van der Waals surface area (Å²) in [6.45, 7) is 6.88. The van der Waals surface area contributed by atoms with Crippen molar-refractivity contribution in [2.75, 3.05) is 12.5 Å². The molecule has 0 amide bonds. The maximum Gasteiger partial charge on any atom is 0.203 e. The number of nitrogens with zero attached hydrogens (tertiary/aromatic N) is 2. The van der Waals surface area contributed by atoms with Crippen molar-refractivity contribution in [3.63, 3.8) is 0 Å². The molecule has 0 aliphatic heterocycles. The van der Waals surface area contributed by atoms with Crippen molar-refractivity contribution in [1.82, 2.24) is 4.98 Å². The van der Waals surface area contributed by atoms with Crippen LogP contribution in [0.15, 0.2) is 28.7 Å². The lowest BCUT2D eigenvalue weighted by Gasteiger charge is -2.34. The summed E-state index contributed by atoms with van der Waals surface area (Å²) >= 11 is 1.48. The number of rotatable bonds is 4. The summed E-state index contributed by atoms with van der Waals surface area (Å²) in [5.74, 6) is 1.44. The zero-order valence-corrected chi connectivity index (χ0v) is 16.0. The number of methoxy groups -OCH3 is 1. The number of phenols is 1. The van der Waals surface area contributed by atoms with E-state index in [0.29, 0.717) is 22.6 Å². The van der Waals surface area contributed by atoms with Gasteiger partial charge in [-0.05, 0) is 42.7 Å². The standard InChI is InChI=1S/C19H25N3O2S/c1-12-7-13(10-19(2,3)9-12)21-22-18-20-16(11-25-18)15-6-5-14(24-4)8-17(15)23/h5-6,8,11-12,23H,7,9-10H2,1-4H3,(H,20,22)/b21-13-/t12-/m0/s1. The number of hydrazone groups is 1. The van der Waals surface area contributed by atoms with E-state index in [1.54, 1.807) is 13.2 Å². The van der Waals surface area contributed by atoms with Gasteiger partial charge in [0.05, 0.1) is 12.8 Å². The van der Waals surface area contributed by atoms with Gasteiger partial charge in [-0.15, -0.1) is 11.3 Å². The van der Waals surface area contributed by atoms with Gasteiger partial charge in [0, 0.05) is 22.7 Å². The summed E-state index contributed by atoms with van der Waals surface area (Å²) in [7, 11) is 1.58. The van der Waals surface area contributed by atoms with Crippen LogP contribution in [0.5, 0.6) is 11.5 Å². The van der Waals surface area contributed by atoms with Gasteiger partial charge in [0.1, 0.15) is 11.5 Å². The number of aromatic nitrogens is 1. The third kappa shape index (κ3) is 4.31. The number of hydrogen-bond donors (Lipinski definition) is 2. The fraction of sp³-hybridized carbons (Fsp3) is 0.474. The quantitative estimate of drug-likeness (QED) is 0.742. The summed E-state index contributed by atoms with van der Waals surface area (Å²) < 4.78 is 5.11. The molecular formula is C19H25N3O2S. The first-order chi connectivity index (χ1) is 11.9. The predicted molar refractivity (Wildman–Crippen MR) is 104 cm³/mol. The third-order valence-electron chi connectivity index (χ3n) is 4.46. The Balaban J connectivity index is 1.73. The fourth-order valence-corrected chi connectivity index (χ4v) is 4.28. The van der Waals surface area contributed by atoms with E-state index in [2.05, 4.69) is 36.3 Å². The molecule has 0 unspecified atom stereocenters. The molecule has 6 heteroatoms. The fourth-order valence-electron chi connectivity index (χ4n) is 3.63. The number of thiazole rings is 1. The van der Waals surface area contributed by atoms with Crippen molar-refractivity contribution in [3.05, 3.63) is 23.6 Å². The molecule has 3 rings (SSSR count). The molecule has 1 heterocycles. The average Bonchev–Trinajstić information content (AvgIpc) is 2.99. The van der Waals surface area contributed by atoms with Gasteiger partial charge < -0.3 is 9.84 Å². The molecule has 1 aromatic carbocycles. The Morgan fingerprint density at radius 1 is 1.40 bits per heavy atom. The Morgan fingerprint density at radius 2 is 2.20 bits per heavy atom. The molecule has 5 nitrogen and oxygen atoms in total. The van der Waals surface area contributed by atoms with Gasteiger partial charge in [-0.1, -0.05) is 20.8 Å². The van der Waals surface area contributed by atoms with E-state index < -0.39 is 0 Å². The molecule has 1 fully saturated rings. The van der Waals surface area contributed by atoms with Crippen LogP contribution in [-0.4, -0.2) is 22.9 Å². The third-order valence-corrected chi connectivity index (χ3v) is 5.21. The molecule has 1 aliphatic carbocycles. The first kappa shape index (κ1) is 17.7. The second kappa shape index (κ2) is 7.04. The van der Waals surface area contributed by atoms with E-state index in [0.717, 1.165) is 23.7 Å². The number of aromatic hydroxyl groups is 1. The van der Waals surface area contributed by atoms with E-state index in [1.165, 1.54) is 23.5 Å². The van der Waals surface area contributed by atoms with Crippen molar-refractivity contribution in [1.29, 1.82) is 0 Å². The average molecular weight is 359 g/mol. The van der Waals surface area contributed by atoms with Crippen molar-refractivity contribution >= 4 is 22.2 Å². The van der Waals surface area contributed by atoms with Crippen LogP contribution in [0.25, 0.3) is 11.3 Å². The molecule has 1 aromatic heterocycles. The van der Waals surface area contributed by atoms with E-state index in [1.807, 2.05) is 17.5 Å². The van der Waals surface area contributed by atoms with E-state index in [-0.39, 0.29) is 5.75 Å². The number of nitrogens with one attached hydrogen (secondary N) is 1. The van der Waals surface area contributed by atoms with Crippen molar-refractivity contribution < 1.29 is 9.84 Å². The number of benzene rings is 1. The summed E-state index contributed by atoms with van der Waals surface area (Å²) in [5.41, 5.74) is 6.01. The van der Waals surface area contributed by atoms with E-state index in [4.69, 9.17) is 4.74 Å². The van der Waals surface area contributed by atoms with Gasteiger partial charge in [-0.25, -0.2) is 4.98 Å². The van der Waals surface area contributed by atoms with Gasteiger partial charge in [0.25, 0.3) is 0 Å². The lowest BCUT2D eigenvalue weighted by atomic mass is 9.72. The lowest BCUT2D eigenvalue weighted by molar-refractivity contribution is 0.266. The predicted octanol–water partition coefficient (Wildman–Crippen LogP) is 5.14. The Morgan fingerprint density at radius 3 is 2.88 bits per heavy atom. The van der Waals surface area contributed by atoms with Crippen LogP contribution in [0.2, 0.25) is 0 Å². The van der Waals surface area contributed by atoms with Gasteiger partial charge in [-0.3, -0.25) is 5.43 Å². The molecular weight excluding hydrogens is 334 g/mol. The summed E-state index contributed by atoms with van der Waals surface area (Å²) in [5, 5.41) is 17.4. The molecule has 134 valence electrons. The summed E-state index contributed by atoms with van der Waals surface area (Å²) in [4.78, 5) is 4.54. The minimum atomic E-state index is 0.158. The minimum absolute atomic E-state index is 0.158. The highest BCUT2D eigenvalue weighted by Crippen LogP contribution is 2.37. The lowest BCUT2D eigenvalue weighted by Crippen LogP contribution is -2.28. The van der Waals surface area contributed by atoms with Gasteiger partial charge in [0.15, 0.2) is 0 Å². The van der Waals surface area contributed by atoms with Crippen LogP contribution in [0.3, 0.4) is 0 Å². The Labute approximate surface area is 152 Å². The van der Waals surface area contributed by atoms with E-state index in [9.17, 15) is 5.11 Å². The Hall–Kier alpha value is -2.08. The van der Waals surface area contributed by atoms with Crippen molar-refractivity contribution in [2.45, 2.75) is 40.0 Å². The maximum atomic E-state index is 10.1. The molecule has 0 radical (unpaired) electrons. The molecule has 25 heavy (non-hydrogen) atoms. The number of hydrogen-bond acceptors (Lipinski definition) is 6. The first-order valence-electron chi connectivity index (χ1n) is 8.51.